The van der Waals surface area contributed by atoms with E-state index >= 15 is 0 Å². The van der Waals surface area contributed by atoms with Crippen LogP contribution in [0.3, 0.4) is 0 Å². The summed E-state index contributed by atoms with van der Waals surface area (Å²) in [5.41, 5.74) is 3.40. The van der Waals surface area contributed by atoms with E-state index in [1.807, 2.05) is 24.3 Å². The summed E-state index contributed by atoms with van der Waals surface area (Å²) in [6, 6.07) is 12.6. The molecule has 4 aliphatic carbocycles. The van der Waals surface area contributed by atoms with Gasteiger partial charge in [-0.15, -0.1) is 0 Å². The van der Waals surface area contributed by atoms with Gasteiger partial charge in [0, 0.05) is 16.8 Å². The van der Waals surface area contributed by atoms with Crippen LogP contribution in [0.4, 0.5) is 5.69 Å². The second-order valence-corrected chi connectivity index (χ2v) is 8.79. The number of ketones is 1. The number of hydrogen-bond donors (Lipinski definition) is 1. The highest BCUT2D eigenvalue weighted by Gasteiger charge is 2.56. The van der Waals surface area contributed by atoms with Crippen LogP contribution in [0.1, 0.15) is 28.8 Å². The van der Waals surface area contributed by atoms with Crippen LogP contribution in [-0.2, 0) is 14.4 Å². The molecular weight excluding hydrogens is 392 g/mol. The van der Waals surface area contributed by atoms with Gasteiger partial charge in [-0.2, -0.15) is 0 Å². The number of nitrogens with one attached hydrogen (secondary N) is 1. The Hall–Kier alpha value is -3.54. The second-order valence-electron chi connectivity index (χ2n) is 8.79. The van der Waals surface area contributed by atoms with Gasteiger partial charge in [0.15, 0.2) is 5.78 Å². The summed E-state index contributed by atoms with van der Waals surface area (Å²) in [6.45, 7) is -0.296. The highest BCUT2D eigenvalue weighted by Crippen LogP contribution is 2.49. The molecule has 5 aliphatic rings. The highest BCUT2D eigenvalue weighted by molar-refractivity contribution is 6.22. The van der Waals surface area contributed by atoms with Crippen molar-refractivity contribution in [2.24, 2.45) is 23.7 Å². The molecule has 2 aromatic rings. The van der Waals surface area contributed by atoms with Crippen LogP contribution in [0.15, 0.2) is 54.6 Å². The van der Waals surface area contributed by atoms with Crippen LogP contribution in [0.2, 0.25) is 0 Å². The minimum absolute atomic E-state index is 0.0707. The topological polar surface area (TPSA) is 83.6 Å². The third kappa shape index (κ3) is 2.57. The van der Waals surface area contributed by atoms with Crippen molar-refractivity contribution >= 4 is 29.2 Å². The second kappa shape index (κ2) is 6.48. The fourth-order valence-electron chi connectivity index (χ4n) is 5.74. The Morgan fingerprint density at radius 2 is 1.45 bits per heavy atom. The van der Waals surface area contributed by atoms with Gasteiger partial charge >= 0.3 is 0 Å². The number of carbonyl (C=O) groups is 4. The lowest BCUT2D eigenvalue weighted by atomic mass is 9.63. The first-order valence-electron chi connectivity index (χ1n) is 10.6. The Morgan fingerprint density at radius 1 is 0.839 bits per heavy atom. The van der Waals surface area contributed by atoms with Crippen molar-refractivity contribution < 1.29 is 19.2 Å². The Kier molecular flexibility index (Phi) is 3.81. The van der Waals surface area contributed by atoms with Gasteiger partial charge in [-0.3, -0.25) is 24.1 Å². The maximum absolute atomic E-state index is 12.9. The number of hydrogen-bond acceptors (Lipinski definition) is 4. The molecule has 1 saturated carbocycles. The summed E-state index contributed by atoms with van der Waals surface area (Å²) in [6.07, 6.45) is 5.97. The van der Waals surface area contributed by atoms with Gasteiger partial charge in [-0.05, 0) is 47.9 Å². The highest BCUT2D eigenvalue weighted by atomic mass is 16.2. The minimum Gasteiger partial charge on any atom is -0.325 e. The standard InChI is InChI=1S/C25H20N2O4/c28-20(12-27-24(30)21-13-5-6-14(8-7-13)22(21)25(27)31)26-15-9-10-17-16-3-1-2-4-18(16)23(29)19(17)11-15/h1-6,9-11,13-14,21-22H,7-8,12H2,(H,26,28). The smallest absolute Gasteiger partial charge is 0.244 e. The van der Waals surface area contributed by atoms with Gasteiger partial charge in [0.1, 0.15) is 6.54 Å². The van der Waals surface area contributed by atoms with E-state index in [0.29, 0.717) is 16.8 Å². The first kappa shape index (κ1) is 18.2. The van der Waals surface area contributed by atoms with Crippen molar-refractivity contribution in [2.45, 2.75) is 12.8 Å². The normalized spacial score (nSPS) is 27.4. The largest absolute Gasteiger partial charge is 0.325 e. The van der Waals surface area contributed by atoms with Gasteiger partial charge in [0.05, 0.1) is 11.8 Å². The Bertz CT molecular complexity index is 1180. The van der Waals surface area contributed by atoms with Crippen molar-refractivity contribution in [2.75, 3.05) is 11.9 Å². The molecule has 1 heterocycles. The zero-order chi connectivity index (χ0) is 21.3. The number of carbonyl (C=O) groups excluding carboxylic acids is 4. The molecule has 31 heavy (non-hydrogen) atoms. The van der Waals surface area contributed by atoms with Crippen LogP contribution in [0.25, 0.3) is 11.1 Å². The van der Waals surface area contributed by atoms with Crippen LogP contribution in [0, 0.1) is 23.7 Å². The first-order valence-corrected chi connectivity index (χ1v) is 10.6. The maximum Gasteiger partial charge on any atom is 0.244 e. The summed E-state index contributed by atoms with van der Waals surface area (Å²) in [4.78, 5) is 52.3. The third-order valence-corrected chi connectivity index (χ3v) is 7.16. The molecule has 0 aromatic heterocycles. The number of amides is 3. The number of imide groups is 1. The third-order valence-electron chi connectivity index (χ3n) is 7.16. The predicted octanol–water partition coefficient (Wildman–Crippen LogP) is 3.03. The molecular formula is C25H20N2O4. The van der Waals surface area contributed by atoms with Crippen molar-refractivity contribution in [1.29, 1.82) is 0 Å². The minimum atomic E-state index is -0.441. The molecule has 4 unspecified atom stereocenters. The van der Waals surface area contributed by atoms with E-state index in [0.717, 1.165) is 28.9 Å². The fraction of sp³-hybridized carbons (Fsp3) is 0.280. The number of likely N-dealkylation sites (tertiary alicyclic amines) is 1. The van der Waals surface area contributed by atoms with Gasteiger partial charge in [0.2, 0.25) is 17.7 Å². The zero-order valence-corrected chi connectivity index (χ0v) is 16.7. The van der Waals surface area contributed by atoms with E-state index in [4.69, 9.17) is 0 Å². The summed E-state index contributed by atoms with van der Waals surface area (Å²) in [5.74, 6) is -1.41. The molecule has 1 saturated heterocycles. The Labute approximate surface area is 178 Å². The average Bonchev–Trinajstić information content (AvgIpc) is 3.22. The molecule has 0 spiro atoms. The van der Waals surface area contributed by atoms with E-state index in [1.54, 1.807) is 18.2 Å². The lowest BCUT2D eigenvalue weighted by Crippen LogP contribution is -2.38. The van der Waals surface area contributed by atoms with E-state index in [1.165, 1.54) is 0 Å². The number of nitrogens with zero attached hydrogens (tertiary/aromatic N) is 1. The fourth-order valence-corrected chi connectivity index (χ4v) is 5.74. The molecule has 4 atom stereocenters. The number of allylic oxidation sites excluding steroid dienone is 2. The SMILES string of the molecule is O=C(CN1C(=O)C2C3C=CC(CC3)C2C1=O)Nc1ccc2c(c1)C(=O)c1ccccc1-2. The Morgan fingerprint density at radius 3 is 2.10 bits per heavy atom. The summed E-state index contributed by atoms with van der Waals surface area (Å²) in [7, 11) is 0. The Balaban J connectivity index is 1.20. The molecule has 7 rings (SSSR count). The van der Waals surface area contributed by atoms with Crippen LogP contribution >= 0.6 is 0 Å². The first-order chi connectivity index (χ1) is 15.0. The van der Waals surface area contributed by atoms with E-state index in [-0.39, 0.29) is 47.8 Å². The molecule has 2 bridgehead atoms. The number of anilines is 1. The molecule has 2 fully saturated rings. The lowest BCUT2D eigenvalue weighted by Gasteiger charge is -2.38. The van der Waals surface area contributed by atoms with Gasteiger partial charge in [-0.25, -0.2) is 0 Å². The van der Waals surface area contributed by atoms with E-state index < -0.39 is 5.91 Å². The zero-order valence-electron chi connectivity index (χ0n) is 16.7. The van der Waals surface area contributed by atoms with Crippen molar-refractivity contribution in [3.05, 3.63) is 65.7 Å². The van der Waals surface area contributed by atoms with Crippen LogP contribution < -0.4 is 5.32 Å². The van der Waals surface area contributed by atoms with Crippen molar-refractivity contribution in [1.82, 2.24) is 4.90 Å². The summed E-state index contributed by atoms with van der Waals surface area (Å²) in [5, 5.41) is 2.75. The van der Waals surface area contributed by atoms with Gasteiger partial charge in [0.25, 0.3) is 0 Å². The molecule has 6 heteroatoms. The molecule has 6 nitrogen and oxygen atoms in total. The quantitative estimate of drug-likeness (QED) is 0.529. The predicted molar refractivity (Wildman–Crippen MR) is 113 cm³/mol. The average molecular weight is 412 g/mol. The van der Waals surface area contributed by atoms with Gasteiger partial charge < -0.3 is 5.32 Å². The van der Waals surface area contributed by atoms with Crippen LogP contribution in [0.5, 0.6) is 0 Å². The molecule has 3 amide bonds. The lowest BCUT2D eigenvalue weighted by molar-refractivity contribution is -0.142. The molecule has 0 radical (unpaired) electrons. The molecule has 1 N–H and O–H groups in total. The van der Waals surface area contributed by atoms with E-state index in [9.17, 15) is 19.2 Å². The van der Waals surface area contributed by atoms with Gasteiger partial charge in [-0.1, -0.05) is 42.5 Å². The summed E-state index contributed by atoms with van der Waals surface area (Å²) >= 11 is 0. The van der Waals surface area contributed by atoms with Crippen molar-refractivity contribution in [3.8, 4) is 11.1 Å². The number of fused-ring (bicyclic) bond motifs is 4. The van der Waals surface area contributed by atoms with Crippen LogP contribution in [-0.4, -0.2) is 34.9 Å². The summed E-state index contributed by atoms with van der Waals surface area (Å²) < 4.78 is 0. The molecule has 154 valence electrons. The van der Waals surface area contributed by atoms with E-state index in [2.05, 4.69) is 17.5 Å². The maximum atomic E-state index is 12.9. The number of rotatable bonds is 3. The molecule has 2 aromatic carbocycles. The number of benzene rings is 2. The monoisotopic (exact) mass is 412 g/mol. The van der Waals surface area contributed by atoms with Crippen molar-refractivity contribution in [3.63, 3.8) is 0 Å². The molecule has 1 aliphatic heterocycles.